The van der Waals surface area contributed by atoms with Gasteiger partial charge in [-0.05, 0) is 12.0 Å². The van der Waals surface area contributed by atoms with Crippen LogP contribution in [0.3, 0.4) is 0 Å². The summed E-state index contributed by atoms with van der Waals surface area (Å²) in [5.41, 5.74) is 7.33. The molecule has 2 aromatic heterocycles. The van der Waals surface area contributed by atoms with E-state index in [1.165, 1.54) is 10.9 Å². The molecule has 0 atom stereocenters. The summed E-state index contributed by atoms with van der Waals surface area (Å²) >= 11 is 0. The fraction of sp³-hybridized carbons (Fsp3) is 0.263. The molecular weight excluding hydrogens is 344 g/mol. The van der Waals surface area contributed by atoms with Gasteiger partial charge in [0, 0.05) is 31.0 Å². The van der Waals surface area contributed by atoms with Crippen LogP contribution in [0.5, 0.6) is 0 Å². The highest BCUT2D eigenvalue weighted by molar-refractivity contribution is 5.62. The molecule has 0 aliphatic rings. The number of hydrogen-bond acceptors (Lipinski definition) is 6. The van der Waals surface area contributed by atoms with Gasteiger partial charge >= 0.3 is 5.69 Å². The largest absolute Gasteiger partial charge is 0.383 e. The van der Waals surface area contributed by atoms with Crippen molar-refractivity contribution in [2.24, 2.45) is 0 Å². The molecule has 27 heavy (non-hydrogen) atoms. The highest BCUT2D eigenvalue weighted by Crippen LogP contribution is 2.20. The topological polar surface area (TPSA) is 110 Å². The number of benzene rings is 1. The maximum Gasteiger partial charge on any atom is 0.330 e. The van der Waals surface area contributed by atoms with Gasteiger partial charge in [0.2, 0.25) is 0 Å². The number of hydrogen-bond donors (Lipinski definition) is 2. The molecule has 0 aliphatic carbocycles. The Morgan fingerprint density at radius 1 is 1.11 bits per heavy atom. The first-order valence-corrected chi connectivity index (χ1v) is 8.75. The molecule has 3 rings (SSSR count). The molecule has 140 valence electrons. The normalized spacial score (nSPS) is 10.7. The summed E-state index contributed by atoms with van der Waals surface area (Å²) in [6.45, 7) is 3.32. The smallest absolute Gasteiger partial charge is 0.330 e. The molecule has 0 unspecified atom stereocenters. The average Bonchev–Trinajstić information content (AvgIpc) is 2.67. The second kappa shape index (κ2) is 8.31. The van der Waals surface area contributed by atoms with E-state index in [2.05, 4.69) is 15.0 Å². The van der Waals surface area contributed by atoms with Crippen LogP contribution in [0.2, 0.25) is 0 Å². The molecule has 0 aliphatic heterocycles. The van der Waals surface area contributed by atoms with Crippen LogP contribution in [0.4, 0.5) is 11.5 Å². The molecule has 0 saturated heterocycles. The Balaban J connectivity index is 2.03. The van der Waals surface area contributed by atoms with E-state index in [0.717, 1.165) is 17.5 Å². The van der Waals surface area contributed by atoms with Gasteiger partial charge in [-0.15, -0.1) is 0 Å². The van der Waals surface area contributed by atoms with Crippen molar-refractivity contribution in [3.05, 3.63) is 81.0 Å². The first-order chi connectivity index (χ1) is 13.1. The summed E-state index contributed by atoms with van der Waals surface area (Å²) in [7, 11) is 0. The first kappa shape index (κ1) is 18.4. The van der Waals surface area contributed by atoms with Gasteiger partial charge in [0.05, 0.1) is 6.54 Å². The van der Waals surface area contributed by atoms with Gasteiger partial charge in [0.1, 0.15) is 17.8 Å². The van der Waals surface area contributed by atoms with E-state index in [9.17, 15) is 9.59 Å². The molecule has 3 aromatic rings. The zero-order valence-electron chi connectivity index (χ0n) is 15.1. The average molecular weight is 366 g/mol. The Hall–Kier alpha value is -3.42. The van der Waals surface area contributed by atoms with Crippen molar-refractivity contribution >= 4 is 11.5 Å². The summed E-state index contributed by atoms with van der Waals surface area (Å²) in [5, 5.41) is 0. The fourth-order valence-electron chi connectivity index (χ4n) is 2.98. The predicted octanol–water partition coefficient (Wildman–Crippen LogP) is 1.37. The number of anilines is 2. The highest BCUT2D eigenvalue weighted by atomic mass is 16.2. The zero-order chi connectivity index (χ0) is 19.2. The van der Waals surface area contributed by atoms with E-state index in [1.54, 1.807) is 12.4 Å². The van der Waals surface area contributed by atoms with Crippen LogP contribution in [0.1, 0.15) is 24.5 Å². The summed E-state index contributed by atoms with van der Waals surface area (Å²) < 4.78 is 1.39. The number of nitrogen functional groups attached to an aromatic ring is 1. The van der Waals surface area contributed by atoms with Crippen molar-refractivity contribution in [3.8, 4) is 0 Å². The number of nitrogens with two attached hydrogens (primary N) is 1. The Kier molecular flexibility index (Phi) is 5.65. The van der Waals surface area contributed by atoms with Crippen LogP contribution in [-0.2, 0) is 13.1 Å². The van der Waals surface area contributed by atoms with Crippen LogP contribution >= 0.6 is 0 Å². The standard InChI is InChI=1S/C19H22N6O2/c1-2-8-24(11-15-9-21-13-22-10-15)16-17(20)25(19(27)23-18(16)26)12-14-6-4-3-5-7-14/h3-7,9-10,13H,2,8,11-12,20H2,1H3,(H,23,26,27). The van der Waals surface area contributed by atoms with Crippen molar-refractivity contribution in [2.45, 2.75) is 26.4 Å². The van der Waals surface area contributed by atoms with E-state index in [-0.39, 0.29) is 18.1 Å². The lowest BCUT2D eigenvalue weighted by Crippen LogP contribution is -2.38. The van der Waals surface area contributed by atoms with Crippen molar-refractivity contribution in [2.75, 3.05) is 17.2 Å². The zero-order valence-corrected chi connectivity index (χ0v) is 15.1. The van der Waals surface area contributed by atoms with Crippen molar-refractivity contribution in [1.29, 1.82) is 0 Å². The Morgan fingerprint density at radius 2 is 1.81 bits per heavy atom. The second-order valence-corrected chi connectivity index (χ2v) is 6.23. The molecule has 0 fully saturated rings. The molecule has 0 saturated carbocycles. The van der Waals surface area contributed by atoms with E-state index in [4.69, 9.17) is 5.73 Å². The number of aromatic nitrogens is 4. The number of nitrogens with one attached hydrogen (secondary N) is 1. The summed E-state index contributed by atoms with van der Waals surface area (Å²) in [5.74, 6) is 0.151. The maximum atomic E-state index is 12.6. The molecule has 8 heteroatoms. The third kappa shape index (κ3) is 4.22. The molecule has 2 heterocycles. The summed E-state index contributed by atoms with van der Waals surface area (Å²) in [4.78, 5) is 37.2. The molecule has 1 aromatic carbocycles. The Bertz CT molecular complexity index is 998. The van der Waals surface area contributed by atoms with Crippen molar-refractivity contribution in [1.82, 2.24) is 19.5 Å². The van der Waals surface area contributed by atoms with Crippen molar-refractivity contribution < 1.29 is 0 Å². The third-order valence-electron chi connectivity index (χ3n) is 4.19. The van der Waals surface area contributed by atoms with Crippen molar-refractivity contribution in [3.63, 3.8) is 0 Å². The van der Waals surface area contributed by atoms with E-state index in [1.807, 2.05) is 42.2 Å². The van der Waals surface area contributed by atoms with Crippen LogP contribution in [0.25, 0.3) is 0 Å². The predicted molar refractivity (Wildman–Crippen MR) is 105 cm³/mol. The van der Waals surface area contributed by atoms with E-state index in [0.29, 0.717) is 13.1 Å². The van der Waals surface area contributed by atoms with Gasteiger partial charge in [-0.2, -0.15) is 0 Å². The summed E-state index contributed by atoms with van der Waals surface area (Å²) in [6, 6.07) is 9.49. The van der Waals surface area contributed by atoms with Crippen LogP contribution in [0, 0.1) is 0 Å². The first-order valence-electron chi connectivity index (χ1n) is 8.75. The minimum absolute atomic E-state index is 0.151. The summed E-state index contributed by atoms with van der Waals surface area (Å²) in [6.07, 6.45) is 5.65. The van der Waals surface area contributed by atoms with Crippen LogP contribution in [-0.4, -0.2) is 26.1 Å². The van der Waals surface area contributed by atoms with Gasteiger partial charge < -0.3 is 10.6 Å². The number of rotatable bonds is 7. The lowest BCUT2D eigenvalue weighted by atomic mass is 10.2. The highest BCUT2D eigenvalue weighted by Gasteiger charge is 2.19. The minimum atomic E-state index is -0.524. The lowest BCUT2D eigenvalue weighted by molar-refractivity contribution is 0.705. The number of aromatic amines is 1. The van der Waals surface area contributed by atoms with E-state index >= 15 is 0 Å². The number of nitrogens with zero attached hydrogens (tertiary/aromatic N) is 4. The molecule has 0 radical (unpaired) electrons. The Morgan fingerprint density at radius 3 is 2.48 bits per heavy atom. The molecular formula is C19H22N6O2. The fourth-order valence-corrected chi connectivity index (χ4v) is 2.98. The van der Waals surface area contributed by atoms with Gasteiger partial charge in [-0.3, -0.25) is 14.3 Å². The molecule has 0 bridgehead atoms. The van der Waals surface area contributed by atoms with E-state index < -0.39 is 11.2 Å². The molecule has 0 amide bonds. The quantitative estimate of drug-likeness (QED) is 0.654. The van der Waals surface area contributed by atoms with Gasteiger partial charge in [-0.1, -0.05) is 37.3 Å². The second-order valence-electron chi connectivity index (χ2n) is 6.23. The Labute approximate surface area is 156 Å². The van der Waals surface area contributed by atoms with Gasteiger partial charge in [0.15, 0.2) is 0 Å². The molecule has 0 spiro atoms. The third-order valence-corrected chi connectivity index (χ3v) is 4.19. The minimum Gasteiger partial charge on any atom is -0.383 e. The van der Waals surface area contributed by atoms with Gasteiger partial charge in [0.25, 0.3) is 5.56 Å². The number of H-pyrrole nitrogens is 1. The van der Waals surface area contributed by atoms with Crippen LogP contribution in [0.15, 0.2) is 58.6 Å². The monoisotopic (exact) mass is 366 g/mol. The molecule has 3 N–H and O–H groups in total. The van der Waals surface area contributed by atoms with Crippen LogP contribution < -0.4 is 21.9 Å². The maximum absolute atomic E-state index is 12.6. The molecule has 8 nitrogen and oxygen atoms in total. The van der Waals surface area contributed by atoms with Gasteiger partial charge in [-0.25, -0.2) is 14.8 Å². The lowest BCUT2D eigenvalue weighted by Gasteiger charge is -2.25. The SMILES string of the molecule is CCCN(Cc1cncnc1)c1c(N)n(Cc2ccccc2)c(=O)[nH]c1=O.